The molecule has 2 saturated heterocycles. The Labute approximate surface area is 160 Å². The Morgan fingerprint density at radius 2 is 2.00 bits per heavy atom. The predicted octanol–water partition coefficient (Wildman–Crippen LogP) is 2.57. The number of rotatable bonds is 5. The van der Waals surface area contributed by atoms with E-state index in [0.717, 1.165) is 31.5 Å². The second kappa shape index (κ2) is 8.21. The van der Waals surface area contributed by atoms with Gasteiger partial charge in [-0.3, -0.25) is 4.79 Å². The second-order valence-electron chi connectivity index (χ2n) is 7.42. The molecule has 146 valence electrons. The van der Waals surface area contributed by atoms with Crippen molar-refractivity contribution >= 4 is 12.0 Å². The number of carbonyl (C=O) groups is 1. The topological polar surface area (TPSA) is 51.2 Å². The first kappa shape index (κ1) is 18.2. The number of carbonyl (C=O) groups excluding carboxylic acids is 1. The van der Waals surface area contributed by atoms with Gasteiger partial charge in [0.2, 0.25) is 11.7 Å². The summed E-state index contributed by atoms with van der Waals surface area (Å²) in [5, 5.41) is 0. The van der Waals surface area contributed by atoms with Gasteiger partial charge in [-0.15, -0.1) is 0 Å². The SMILES string of the molecule is COc1cc(/C=C/C(=O)N2CCCC2CN2CCCC2)cc2c1OCCO2. The van der Waals surface area contributed by atoms with Crippen LogP contribution < -0.4 is 14.2 Å². The zero-order valence-corrected chi connectivity index (χ0v) is 16.0. The third-order valence-corrected chi connectivity index (χ3v) is 5.60. The predicted molar refractivity (Wildman–Crippen MR) is 103 cm³/mol. The van der Waals surface area contributed by atoms with Gasteiger partial charge in [-0.05, 0) is 62.5 Å². The Kier molecular flexibility index (Phi) is 5.53. The van der Waals surface area contributed by atoms with Gasteiger partial charge in [0.05, 0.1) is 7.11 Å². The maximum Gasteiger partial charge on any atom is 0.246 e. The number of benzene rings is 1. The lowest BCUT2D eigenvalue weighted by molar-refractivity contribution is -0.127. The van der Waals surface area contributed by atoms with Crippen molar-refractivity contribution < 1.29 is 19.0 Å². The average Bonchev–Trinajstić information content (AvgIpc) is 3.38. The van der Waals surface area contributed by atoms with E-state index in [-0.39, 0.29) is 5.91 Å². The van der Waals surface area contributed by atoms with Crippen molar-refractivity contribution in [2.24, 2.45) is 0 Å². The molecule has 3 aliphatic heterocycles. The van der Waals surface area contributed by atoms with E-state index in [4.69, 9.17) is 14.2 Å². The molecule has 0 aliphatic carbocycles. The molecule has 0 spiro atoms. The standard InChI is InChI=1S/C21H28N2O4/c1-25-18-13-16(14-19-21(18)27-12-11-26-19)6-7-20(24)23-10-4-5-17(23)15-22-8-2-3-9-22/h6-7,13-14,17H,2-5,8-12,15H2,1H3/b7-6+. The van der Waals surface area contributed by atoms with Crippen LogP contribution in [0.3, 0.4) is 0 Å². The van der Waals surface area contributed by atoms with Crippen molar-refractivity contribution in [1.82, 2.24) is 9.80 Å². The van der Waals surface area contributed by atoms with Gasteiger partial charge >= 0.3 is 0 Å². The molecule has 27 heavy (non-hydrogen) atoms. The molecule has 1 aromatic rings. The molecule has 0 saturated carbocycles. The molecule has 2 fully saturated rings. The number of nitrogens with zero attached hydrogens (tertiary/aromatic N) is 2. The van der Waals surface area contributed by atoms with E-state index < -0.39 is 0 Å². The van der Waals surface area contributed by atoms with Gasteiger partial charge in [0.15, 0.2) is 11.5 Å². The number of hydrogen-bond acceptors (Lipinski definition) is 5. The highest BCUT2D eigenvalue weighted by Gasteiger charge is 2.29. The van der Waals surface area contributed by atoms with Crippen molar-refractivity contribution in [3.63, 3.8) is 0 Å². The maximum absolute atomic E-state index is 12.8. The summed E-state index contributed by atoms with van der Waals surface area (Å²) in [5.41, 5.74) is 0.875. The first-order valence-electron chi connectivity index (χ1n) is 9.93. The quantitative estimate of drug-likeness (QED) is 0.744. The van der Waals surface area contributed by atoms with Crippen LogP contribution in [0.5, 0.6) is 17.2 Å². The number of fused-ring (bicyclic) bond motifs is 1. The van der Waals surface area contributed by atoms with E-state index in [1.165, 1.54) is 25.9 Å². The fourth-order valence-corrected chi connectivity index (χ4v) is 4.23. The van der Waals surface area contributed by atoms with Gasteiger partial charge in [-0.25, -0.2) is 0 Å². The van der Waals surface area contributed by atoms with Gasteiger partial charge in [-0.1, -0.05) is 0 Å². The van der Waals surface area contributed by atoms with E-state index >= 15 is 0 Å². The van der Waals surface area contributed by atoms with Gasteiger partial charge in [0.1, 0.15) is 13.2 Å². The fraction of sp³-hybridized carbons (Fsp3) is 0.571. The molecule has 3 heterocycles. The molecule has 0 aromatic heterocycles. The summed E-state index contributed by atoms with van der Waals surface area (Å²) in [5.74, 6) is 2.02. The van der Waals surface area contributed by atoms with Gasteiger partial charge in [0.25, 0.3) is 0 Å². The van der Waals surface area contributed by atoms with E-state index in [0.29, 0.717) is 36.5 Å². The lowest BCUT2D eigenvalue weighted by Crippen LogP contribution is -2.41. The molecule has 0 N–H and O–H groups in total. The first-order valence-corrected chi connectivity index (χ1v) is 9.93. The highest BCUT2D eigenvalue weighted by atomic mass is 16.6. The number of methoxy groups -OCH3 is 1. The van der Waals surface area contributed by atoms with Crippen LogP contribution in [0.25, 0.3) is 6.08 Å². The van der Waals surface area contributed by atoms with Crippen LogP contribution in [0.4, 0.5) is 0 Å². The van der Waals surface area contributed by atoms with Crippen molar-refractivity contribution in [2.45, 2.75) is 31.7 Å². The van der Waals surface area contributed by atoms with E-state index in [9.17, 15) is 4.79 Å². The van der Waals surface area contributed by atoms with Crippen molar-refractivity contribution in [3.05, 3.63) is 23.8 Å². The van der Waals surface area contributed by atoms with Crippen LogP contribution in [-0.2, 0) is 4.79 Å². The zero-order chi connectivity index (χ0) is 18.6. The van der Waals surface area contributed by atoms with Gasteiger partial charge in [-0.2, -0.15) is 0 Å². The number of ether oxygens (including phenoxy) is 3. The molecule has 1 aromatic carbocycles. The van der Waals surface area contributed by atoms with Crippen molar-refractivity contribution in [1.29, 1.82) is 0 Å². The Morgan fingerprint density at radius 3 is 2.81 bits per heavy atom. The summed E-state index contributed by atoms with van der Waals surface area (Å²) in [6.45, 7) is 5.25. The summed E-state index contributed by atoms with van der Waals surface area (Å²) in [6, 6.07) is 4.12. The van der Waals surface area contributed by atoms with Crippen LogP contribution in [0, 0.1) is 0 Å². The first-order chi connectivity index (χ1) is 13.2. The van der Waals surface area contributed by atoms with Crippen LogP contribution in [0.2, 0.25) is 0 Å². The maximum atomic E-state index is 12.8. The zero-order valence-electron chi connectivity index (χ0n) is 16.0. The van der Waals surface area contributed by atoms with Crippen LogP contribution in [-0.4, -0.2) is 68.3 Å². The summed E-state index contributed by atoms with van der Waals surface area (Å²) in [4.78, 5) is 17.3. The summed E-state index contributed by atoms with van der Waals surface area (Å²) in [6.07, 6.45) is 8.28. The molecule has 6 heteroatoms. The number of amides is 1. The Hall–Kier alpha value is -2.21. The van der Waals surface area contributed by atoms with Gasteiger partial charge < -0.3 is 24.0 Å². The Balaban J connectivity index is 1.44. The summed E-state index contributed by atoms with van der Waals surface area (Å²) < 4.78 is 16.7. The lowest BCUT2D eigenvalue weighted by atomic mass is 10.1. The lowest BCUT2D eigenvalue weighted by Gasteiger charge is -2.27. The molecule has 1 unspecified atom stereocenters. The van der Waals surface area contributed by atoms with Gasteiger partial charge in [0, 0.05) is 25.2 Å². The highest BCUT2D eigenvalue weighted by molar-refractivity contribution is 5.92. The van der Waals surface area contributed by atoms with Crippen molar-refractivity contribution in [3.8, 4) is 17.2 Å². The average molecular weight is 372 g/mol. The second-order valence-corrected chi connectivity index (χ2v) is 7.42. The monoisotopic (exact) mass is 372 g/mol. The van der Waals surface area contributed by atoms with E-state index in [1.807, 2.05) is 23.1 Å². The smallest absolute Gasteiger partial charge is 0.246 e. The minimum Gasteiger partial charge on any atom is -0.493 e. The number of hydrogen-bond donors (Lipinski definition) is 0. The van der Waals surface area contributed by atoms with E-state index in [1.54, 1.807) is 13.2 Å². The van der Waals surface area contributed by atoms with Crippen LogP contribution in [0.15, 0.2) is 18.2 Å². The molecule has 3 aliphatic rings. The Bertz CT molecular complexity index is 695. The Morgan fingerprint density at radius 1 is 1.19 bits per heavy atom. The van der Waals surface area contributed by atoms with Crippen molar-refractivity contribution in [2.75, 3.05) is 46.5 Å². The van der Waals surface area contributed by atoms with Crippen LogP contribution >= 0.6 is 0 Å². The normalized spacial score (nSPS) is 22.6. The fourth-order valence-electron chi connectivity index (χ4n) is 4.23. The number of likely N-dealkylation sites (tertiary alicyclic amines) is 2. The minimum absolute atomic E-state index is 0.0885. The summed E-state index contributed by atoms with van der Waals surface area (Å²) in [7, 11) is 1.61. The molecular weight excluding hydrogens is 344 g/mol. The molecule has 1 atom stereocenters. The molecule has 0 bridgehead atoms. The summed E-state index contributed by atoms with van der Waals surface area (Å²) >= 11 is 0. The minimum atomic E-state index is 0.0885. The third kappa shape index (κ3) is 4.05. The molecule has 6 nitrogen and oxygen atoms in total. The van der Waals surface area contributed by atoms with E-state index in [2.05, 4.69) is 4.90 Å². The molecular formula is C21H28N2O4. The highest BCUT2D eigenvalue weighted by Crippen LogP contribution is 2.40. The third-order valence-electron chi connectivity index (χ3n) is 5.60. The largest absolute Gasteiger partial charge is 0.493 e. The molecule has 0 radical (unpaired) electrons. The van der Waals surface area contributed by atoms with Crippen LogP contribution in [0.1, 0.15) is 31.2 Å². The molecule has 1 amide bonds. The molecule has 4 rings (SSSR count).